The molecule has 0 unspecified atom stereocenters. The minimum absolute atomic E-state index is 0.275. The SMILES string of the molecule is CN=C(Nc1cccc(Br)c1)c1c(N)cc[nH]c1=O. The zero-order chi connectivity index (χ0) is 13.8. The summed E-state index contributed by atoms with van der Waals surface area (Å²) in [7, 11) is 1.60. The lowest BCUT2D eigenvalue weighted by Crippen LogP contribution is -2.25. The molecule has 0 spiro atoms. The fourth-order valence-electron chi connectivity index (χ4n) is 1.67. The van der Waals surface area contributed by atoms with Gasteiger partial charge in [-0.3, -0.25) is 9.79 Å². The maximum atomic E-state index is 11.8. The average molecular weight is 321 g/mol. The number of hydrogen-bond acceptors (Lipinski definition) is 3. The molecule has 0 saturated carbocycles. The molecule has 0 amide bonds. The third-order valence-electron chi connectivity index (χ3n) is 2.54. The number of nitrogens with two attached hydrogens (primary N) is 1. The van der Waals surface area contributed by atoms with Crippen molar-refractivity contribution >= 4 is 33.1 Å². The molecule has 0 bridgehead atoms. The van der Waals surface area contributed by atoms with E-state index < -0.39 is 0 Å². The highest BCUT2D eigenvalue weighted by Crippen LogP contribution is 2.17. The van der Waals surface area contributed by atoms with Gasteiger partial charge < -0.3 is 16.0 Å². The first kappa shape index (κ1) is 13.4. The van der Waals surface area contributed by atoms with Crippen molar-refractivity contribution in [1.82, 2.24) is 4.98 Å². The Balaban J connectivity index is 2.40. The van der Waals surface area contributed by atoms with Crippen LogP contribution in [0.5, 0.6) is 0 Å². The van der Waals surface area contributed by atoms with Gasteiger partial charge in [0.2, 0.25) is 0 Å². The van der Waals surface area contributed by atoms with Gasteiger partial charge in [0.05, 0.1) is 0 Å². The van der Waals surface area contributed by atoms with E-state index in [0.29, 0.717) is 17.1 Å². The quantitative estimate of drug-likeness (QED) is 0.586. The number of nitrogens with one attached hydrogen (secondary N) is 2. The van der Waals surface area contributed by atoms with Gasteiger partial charge in [-0.25, -0.2) is 0 Å². The van der Waals surface area contributed by atoms with E-state index in [-0.39, 0.29) is 5.56 Å². The Bertz CT molecular complexity index is 678. The summed E-state index contributed by atoms with van der Waals surface area (Å²) in [5.41, 5.74) is 7.09. The van der Waals surface area contributed by atoms with Crippen molar-refractivity contribution in [2.24, 2.45) is 4.99 Å². The van der Waals surface area contributed by atoms with Gasteiger partial charge in [-0.05, 0) is 24.3 Å². The first-order valence-electron chi connectivity index (χ1n) is 5.58. The summed E-state index contributed by atoms with van der Waals surface area (Å²) in [4.78, 5) is 18.5. The summed E-state index contributed by atoms with van der Waals surface area (Å²) in [6, 6.07) is 9.20. The van der Waals surface area contributed by atoms with E-state index >= 15 is 0 Å². The number of aliphatic imine (C=N–C) groups is 1. The molecule has 0 aliphatic heterocycles. The third kappa shape index (κ3) is 3.03. The van der Waals surface area contributed by atoms with Crippen LogP contribution in [-0.2, 0) is 0 Å². The Labute approximate surface area is 118 Å². The fourth-order valence-corrected chi connectivity index (χ4v) is 2.07. The molecular weight excluding hydrogens is 308 g/mol. The van der Waals surface area contributed by atoms with Crippen LogP contribution in [-0.4, -0.2) is 17.9 Å². The summed E-state index contributed by atoms with van der Waals surface area (Å²) in [5.74, 6) is 0.428. The number of nitrogens with zero attached hydrogens (tertiary/aromatic N) is 1. The van der Waals surface area contributed by atoms with E-state index in [4.69, 9.17) is 5.73 Å². The van der Waals surface area contributed by atoms with Crippen molar-refractivity contribution in [3.05, 3.63) is 56.9 Å². The zero-order valence-corrected chi connectivity index (χ0v) is 11.9. The maximum absolute atomic E-state index is 11.8. The van der Waals surface area contributed by atoms with Crippen LogP contribution in [0.1, 0.15) is 5.56 Å². The van der Waals surface area contributed by atoms with Gasteiger partial charge in [-0.15, -0.1) is 0 Å². The Morgan fingerprint density at radius 1 is 1.42 bits per heavy atom. The van der Waals surface area contributed by atoms with Gasteiger partial charge in [-0.2, -0.15) is 0 Å². The number of anilines is 2. The predicted octanol–water partition coefficient (Wildman–Crippen LogP) is 2.21. The first-order valence-corrected chi connectivity index (χ1v) is 6.38. The van der Waals surface area contributed by atoms with Crippen LogP contribution >= 0.6 is 15.9 Å². The lowest BCUT2D eigenvalue weighted by atomic mass is 10.2. The van der Waals surface area contributed by atoms with Gasteiger partial charge in [0.1, 0.15) is 11.4 Å². The van der Waals surface area contributed by atoms with Crippen LogP contribution < -0.4 is 16.6 Å². The van der Waals surface area contributed by atoms with E-state index in [1.54, 1.807) is 13.1 Å². The number of rotatable bonds is 2. The molecular formula is C13H13BrN4O. The summed E-state index contributed by atoms with van der Waals surface area (Å²) in [5, 5.41) is 3.09. The summed E-state index contributed by atoms with van der Waals surface area (Å²) in [6.45, 7) is 0. The van der Waals surface area contributed by atoms with Crippen molar-refractivity contribution in [3.8, 4) is 0 Å². The average Bonchev–Trinajstić information content (AvgIpc) is 2.37. The molecule has 1 aromatic carbocycles. The van der Waals surface area contributed by atoms with Gasteiger partial charge in [0.25, 0.3) is 5.56 Å². The van der Waals surface area contributed by atoms with Crippen LogP contribution in [0.25, 0.3) is 0 Å². The van der Waals surface area contributed by atoms with Gasteiger partial charge in [0, 0.05) is 29.1 Å². The van der Waals surface area contributed by atoms with E-state index in [9.17, 15) is 4.79 Å². The number of benzene rings is 1. The number of hydrogen-bond donors (Lipinski definition) is 3. The number of nitrogen functional groups attached to an aromatic ring is 1. The molecule has 4 N–H and O–H groups in total. The number of H-pyrrole nitrogens is 1. The zero-order valence-electron chi connectivity index (χ0n) is 10.3. The lowest BCUT2D eigenvalue weighted by molar-refractivity contribution is 1.22. The maximum Gasteiger partial charge on any atom is 0.261 e. The van der Waals surface area contributed by atoms with Gasteiger partial charge in [0.15, 0.2) is 0 Å². The van der Waals surface area contributed by atoms with Gasteiger partial charge in [-0.1, -0.05) is 22.0 Å². The third-order valence-corrected chi connectivity index (χ3v) is 3.03. The molecule has 0 aliphatic rings. The summed E-state index contributed by atoms with van der Waals surface area (Å²) in [6.07, 6.45) is 1.51. The molecule has 2 aromatic rings. The van der Waals surface area contributed by atoms with E-state index in [2.05, 4.69) is 31.2 Å². The molecule has 1 heterocycles. The fraction of sp³-hybridized carbons (Fsp3) is 0.0769. The van der Waals surface area contributed by atoms with E-state index in [1.165, 1.54) is 6.20 Å². The molecule has 0 fully saturated rings. The summed E-state index contributed by atoms with van der Waals surface area (Å²) >= 11 is 3.39. The standard InChI is InChI=1S/C13H13BrN4O/c1-16-12(11-10(15)5-6-17-13(11)19)18-9-4-2-3-8(14)7-9/h2-7H,1H3,(H,16,18)(H3,15,17,19). The number of halogens is 1. The minimum atomic E-state index is -0.275. The molecule has 19 heavy (non-hydrogen) atoms. The Hall–Kier alpha value is -2.08. The highest BCUT2D eigenvalue weighted by Gasteiger charge is 2.11. The molecule has 2 rings (SSSR count). The molecule has 6 heteroatoms. The Morgan fingerprint density at radius 2 is 2.21 bits per heavy atom. The van der Waals surface area contributed by atoms with Crippen molar-refractivity contribution < 1.29 is 0 Å². The molecule has 98 valence electrons. The van der Waals surface area contributed by atoms with Crippen LogP contribution in [0.3, 0.4) is 0 Å². The predicted molar refractivity (Wildman–Crippen MR) is 81.7 cm³/mol. The van der Waals surface area contributed by atoms with Crippen LogP contribution in [0.4, 0.5) is 11.4 Å². The largest absolute Gasteiger partial charge is 0.398 e. The molecule has 0 radical (unpaired) electrons. The van der Waals surface area contributed by atoms with Crippen LogP contribution in [0.15, 0.2) is 50.8 Å². The van der Waals surface area contributed by atoms with Crippen molar-refractivity contribution in [2.75, 3.05) is 18.1 Å². The monoisotopic (exact) mass is 320 g/mol. The second-order valence-electron chi connectivity index (χ2n) is 3.84. The van der Waals surface area contributed by atoms with Crippen LogP contribution in [0.2, 0.25) is 0 Å². The minimum Gasteiger partial charge on any atom is -0.398 e. The number of aromatic amines is 1. The second kappa shape index (κ2) is 5.71. The Morgan fingerprint density at radius 3 is 2.84 bits per heavy atom. The molecule has 0 aliphatic carbocycles. The molecule has 0 atom stereocenters. The van der Waals surface area contributed by atoms with E-state index in [1.807, 2.05) is 24.3 Å². The lowest BCUT2D eigenvalue weighted by Gasteiger charge is -2.11. The number of pyridine rings is 1. The van der Waals surface area contributed by atoms with Gasteiger partial charge >= 0.3 is 0 Å². The van der Waals surface area contributed by atoms with E-state index in [0.717, 1.165) is 10.2 Å². The van der Waals surface area contributed by atoms with Crippen molar-refractivity contribution in [2.45, 2.75) is 0 Å². The number of amidine groups is 1. The second-order valence-corrected chi connectivity index (χ2v) is 4.76. The van der Waals surface area contributed by atoms with Crippen molar-refractivity contribution in [1.29, 1.82) is 0 Å². The normalized spacial score (nSPS) is 11.4. The van der Waals surface area contributed by atoms with Crippen molar-refractivity contribution in [3.63, 3.8) is 0 Å². The number of aromatic nitrogens is 1. The molecule has 5 nitrogen and oxygen atoms in total. The molecule has 1 aromatic heterocycles. The smallest absolute Gasteiger partial charge is 0.261 e. The Kier molecular flexibility index (Phi) is 4.01. The molecule has 0 saturated heterocycles. The highest BCUT2D eigenvalue weighted by atomic mass is 79.9. The highest BCUT2D eigenvalue weighted by molar-refractivity contribution is 9.10. The van der Waals surface area contributed by atoms with Crippen LogP contribution in [0, 0.1) is 0 Å². The topological polar surface area (TPSA) is 83.3 Å². The summed E-state index contributed by atoms with van der Waals surface area (Å²) < 4.78 is 0.933. The first-order chi connectivity index (χ1) is 9.11.